The molecule has 0 atom stereocenters. The van der Waals surface area contributed by atoms with Crippen molar-refractivity contribution in [2.24, 2.45) is 0 Å². The molecule has 1 aromatic rings. The second-order valence-corrected chi connectivity index (χ2v) is 8.44. The average molecular weight is 429 g/mol. The predicted octanol–water partition coefficient (Wildman–Crippen LogP) is 3.75. The van der Waals surface area contributed by atoms with Crippen molar-refractivity contribution >= 4 is 56.8 Å². The molecule has 0 aliphatic carbocycles. The number of carbonyl (C=O) groups is 1. The molecular formula is C11H13I2NO. The summed E-state index contributed by atoms with van der Waals surface area (Å²) in [4.78, 5) is 11.6. The van der Waals surface area contributed by atoms with Gasteiger partial charge in [-0.1, -0.05) is 62.9 Å². The minimum atomic E-state index is -0.0414. The van der Waals surface area contributed by atoms with E-state index >= 15 is 0 Å². The fourth-order valence-electron chi connectivity index (χ4n) is 1.55. The summed E-state index contributed by atoms with van der Waals surface area (Å²) in [6.07, 6.45) is 0. The minimum absolute atomic E-state index is 0.0414. The van der Waals surface area contributed by atoms with Crippen LogP contribution in [0.4, 0.5) is 5.69 Å². The number of aryl methyl sites for hydroxylation is 3. The molecule has 0 spiro atoms. The molecule has 0 unspecified atom stereocenters. The van der Waals surface area contributed by atoms with Crippen LogP contribution >= 0.6 is 45.2 Å². The third-order valence-corrected chi connectivity index (χ3v) is 3.25. The standard InChI is InChI=1S/C11H13I2NO/c1-6-4-7(2)9(8(3)5-6)14-11(15)10(12)13/h4-5,10H,1-3H3,(H,14,15). The molecule has 82 valence electrons. The van der Waals surface area contributed by atoms with Crippen LogP contribution in [0.15, 0.2) is 12.1 Å². The lowest BCUT2D eigenvalue weighted by molar-refractivity contribution is -0.113. The lowest BCUT2D eigenvalue weighted by Gasteiger charge is -2.13. The second-order valence-electron chi connectivity index (χ2n) is 3.56. The Balaban J connectivity index is 3.00. The van der Waals surface area contributed by atoms with E-state index in [1.54, 1.807) is 0 Å². The molecule has 0 aromatic heterocycles. The zero-order chi connectivity index (χ0) is 11.6. The largest absolute Gasteiger partial charge is 0.324 e. The van der Waals surface area contributed by atoms with Gasteiger partial charge in [0.25, 0.3) is 0 Å². The molecule has 0 aliphatic heterocycles. The van der Waals surface area contributed by atoms with E-state index < -0.39 is 0 Å². The second kappa shape index (κ2) is 5.47. The Morgan fingerprint density at radius 3 is 2.07 bits per heavy atom. The smallest absolute Gasteiger partial charge is 0.247 e. The number of hydrogen-bond acceptors (Lipinski definition) is 1. The topological polar surface area (TPSA) is 29.1 Å². The summed E-state index contributed by atoms with van der Waals surface area (Å²) in [5, 5.41) is 2.95. The van der Waals surface area contributed by atoms with Crippen molar-refractivity contribution in [2.75, 3.05) is 5.32 Å². The van der Waals surface area contributed by atoms with Crippen LogP contribution < -0.4 is 5.32 Å². The molecule has 0 saturated heterocycles. The summed E-state index contributed by atoms with van der Waals surface area (Å²) >= 11 is 4.20. The fraction of sp³-hybridized carbons (Fsp3) is 0.364. The molecule has 0 fully saturated rings. The summed E-state index contributed by atoms with van der Waals surface area (Å²) in [6.45, 7) is 6.10. The number of halogens is 2. The number of carbonyl (C=O) groups excluding carboxylic acids is 1. The van der Waals surface area contributed by atoms with Crippen LogP contribution in [0.3, 0.4) is 0 Å². The third kappa shape index (κ3) is 3.58. The van der Waals surface area contributed by atoms with Gasteiger partial charge in [0.1, 0.15) is 1.93 Å². The Morgan fingerprint density at radius 2 is 1.67 bits per heavy atom. The van der Waals surface area contributed by atoms with Gasteiger partial charge in [0.05, 0.1) is 0 Å². The molecule has 1 rings (SSSR count). The van der Waals surface area contributed by atoms with E-state index in [4.69, 9.17) is 0 Å². The highest BCUT2D eigenvalue weighted by atomic mass is 127. The Hall–Kier alpha value is 0.150. The quantitative estimate of drug-likeness (QED) is 0.564. The highest BCUT2D eigenvalue weighted by Crippen LogP contribution is 2.23. The van der Waals surface area contributed by atoms with Gasteiger partial charge in [-0.2, -0.15) is 0 Å². The Kier molecular flexibility index (Phi) is 4.82. The number of benzene rings is 1. The molecular weight excluding hydrogens is 416 g/mol. The maximum absolute atomic E-state index is 11.6. The predicted molar refractivity (Wildman–Crippen MR) is 81.1 cm³/mol. The summed E-state index contributed by atoms with van der Waals surface area (Å²) in [5.41, 5.74) is 4.41. The van der Waals surface area contributed by atoms with E-state index in [1.165, 1.54) is 5.56 Å². The van der Waals surface area contributed by atoms with Gasteiger partial charge < -0.3 is 5.32 Å². The number of anilines is 1. The zero-order valence-electron chi connectivity index (χ0n) is 8.90. The van der Waals surface area contributed by atoms with Crippen LogP contribution in [0.25, 0.3) is 0 Å². The Labute approximate surface area is 117 Å². The molecule has 0 bridgehead atoms. The lowest BCUT2D eigenvalue weighted by Crippen LogP contribution is -2.19. The van der Waals surface area contributed by atoms with Crippen molar-refractivity contribution < 1.29 is 4.79 Å². The van der Waals surface area contributed by atoms with Crippen molar-refractivity contribution in [3.8, 4) is 0 Å². The monoisotopic (exact) mass is 429 g/mol. The molecule has 4 heteroatoms. The lowest BCUT2D eigenvalue weighted by atomic mass is 10.1. The van der Waals surface area contributed by atoms with Gasteiger partial charge in [-0.3, -0.25) is 4.79 Å². The molecule has 0 aliphatic rings. The fourth-order valence-corrected chi connectivity index (χ4v) is 1.87. The first kappa shape index (κ1) is 13.2. The van der Waals surface area contributed by atoms with Crippen LogP contribution in [0.5, 0.6) is 0 Å². The van der Waals surface area contributed by atoms with Gasteiger partial charge in [0, 0.05) is 5.69 Å². The number of amides is 1. The first-order valence-electron chi connectivity index (χ1n) is 4.58. The molecule has 0 heterocycles. The van der Waals surface area contributed by atoms with Gasteiger partial charge in [-0.05, 0) is 31.9 Å². The van der Waals surface area contributed by atoms with Gasteiger partial charge in [0.15, 0.2) is 0 Å². The maximum Gasteiger partial charge on any atom is 0.247 e. The van der Waals surface area contributed by atoms with Crippen LogP contribution in [0.2, 0.25) is 0 Å². The first-order chi connectivity index (χ1) is 6.91. The highest BCUT2D eigenvalue weighted by Gasteiger charge is 2.13. The summed E-state index contributed by atoms with van der Waals surface area (Å²) in [7, 11) is 0. The van der Waals surface area contributed by atoms with Crippen LogP contribution in [0.1, 0.15) is 16.7 Å². The summed E-state index contributed by atoms with van der Waals surface area (Å²) < 4.78 is -0.0414. The van der Waals surface area contributed by atoms with E-state index in [0.717, 1.165) is 16.8 Å². The molecule has 1 amide bonds. The molecule has 15 heavy (non-hydrogen) atoms. The van der Waals surface area contributed by atoms with Crippen LogP contribution in [-0.2, 0) is 4.79 Å². The minimum Gasteiger partial charge on any atom is -0.324 e. The highest BCUT2D eigenvalue weighted by molar-refractivity contribution is 14.2. The summed E-state index contributed by atoms with van der Waals surface area (Å²) in [6, 6.07) is 4.16. The van der Waals surface area contributed by atoms with Crippen molar-refractivity contribution in [1.82, 2.24) is 0 Å². The molecule has 1 N–H and O–H groups in total. The third-order valence-electron chi connectivity index (χ3n) is 2.12. The van der Waals surface area contributed by atoms with Crippen molar-refractivity contribution in [3.05, 3.63) is 28.8 Å². The Morgan fingerprint density at radius 1 is 1.20 bits per heavy atom. The zero-order valence-corrected chi connectivity index (χ0v) is 13.2. The summed E-state index contributed by atoms with van der Waals surface area (Å²) in [5.74, 6) is 0.0475. The van der Waals surface area contributed by atoms with E-state index in [9.17, 15) is 4.79 Å². The number of hydrogen-bond donors (Lipinski definition) is 1. The van der Waals surface area contributed by atoms with Crippen LogP contribution in [-0.4, -0.2) is 7.84 Å². The van der Waals surface area contributed by atoms with Gasteiger partial charge >= 0.3 is 0 Å². The maximum atomic E-state index is 11.6. The number of nitrogens with one attached hydrogen (secondary N) is 1. The van der Waals surface area contributed by atoms with Crippen molar-refractivity contribution in [2.45, 2.75) is 22.7 Å². The molecule has 0 saturated carbocycles. The van der Waals surface area contributed by atoms with E-state index in [0.29, 0.717) is 0 Å². The number of alkyl halides is 2. The number of rotatable bonds is 2. The molecule has 0 radical (unpaired) electrons. The van der Waals surface area contributed by atoms with Crippen LogP contribution in [0, 0.1) is 20.8 Å². The van der Waals surface area contributed by atoms with Crippen molar-refractivity contribution in [3.63, 3.8) is 0 Å². The Bertz CT molecular complexity index is 365. The normalized spacial score (nSPS) is 10.5. The van der Waals surface area contributed by atoms with E-state index in [2.05, 4.69) is 69.6 Å². The first-order valence-corrected chi connectivity index (χ1v) is 7.08. The molecule has 1 aromatic carbocycles. The van der Waals surface area contributed by atoms with Gasteiger partial charge in [0.2, 0.25) is 5.91 Å². The van der Waals surface area contributed by atoms with E-state index in [-0.39, 0.29) is 7.84 Å². The van der Waals surface area contributed by atoms with Gasteiger partial charge in [-0.15, -0.1) is 0 Å². The van der Waals surface area contributed by atoms with Gasteiger partial charge in [-0.25, -0.2) is 0 Å². The van der Waals surface area contributed by atoms with Crippen molar-refractivity contribution in [1.29, 1.82) is 0 Å². The molecule has 2 nitrogen and oxygen atoms in total. The van der Waals surface area contributed by atoms with E-state index in [1.807, 2.05) is 13.8 Å². The average Bonchev–Trinajstić information content (AvgIpc) is 2.10. The SMILES string of the molecule is Cc1cc(C)c(NC(=O)C(I)I)c(C)c1.